The summed E-state index contributed by atoms with van der Waals surface area (Å²) in [5.41, 5.74) is 5.60. The number of amides is 2. The molecule has 1 atom stereocenters. The van der Waals surface area contributed by atoms with Crippen molar-refractivity contribution in [3.63, 3.8) is 0 Å². The van der Waals surface area contributed by atoms with Crippen LogP contribution in [-0.4, -0.2) is 36.9 Å². The maximum absolute atomic E-state index is 12.5. The van der Waals surface area contributed by atoms with Crippen LogP contribution in [0.3, 0.4) is 0 Å². The third kappa shape index (κ3) is 3.47. The van der Waals surface area contributed by atoms with Gasteiger partial charge < -0.3 is 10.2 Å². The molecule has 1 heterocycles. The molecule has 2 aromatic carbocycles. The zero-order valence-electron chi connectivity index (χ0n) is 15.9. The van der Waals surface area contributed by atoms with E-state index in [0.29, 0.717) is 19.1 Å². The lowest BCUT2D eigenvalue weighted by Crippen LogP contribution is -2.32. The van der Waals surface area contributed by atoms with Gasteiger partial charge in [-0.05, 0) is 61.2 Å². The van der Waals surface area contributed by atoms with Crippen LogP contribution in [0.2, 0.25) is 0 Å². The molecule has 0 aromatic heterocycles. The van der Waals surface area contributed by atoms with Gasteiger partial charge in [-0.1, -0.05) is 24.3 Å². The zero-order chi connectivity index (χ0) is 19.0. The van der Waals surface area contributed by atoms with Crippen LogP contribution in [0.5, 0.6) is 0 Å². The molecule has 27 heavy (non-hydrogen) atoms. The molecule has 1 aliphatic carbocycles. The number of aryl methyl sites for hydroxylation is 1. The number of hydrogen-bond donors (Lipinski definition) is 1. The molecule has 0 saturated heterocycles. The Morgan fingerprint density at radius 2 is 1.96 bits per heavy atom. The summed E-state index contributed by atoms with van der Waals surface area (Å²) in [4.78, 5) is 28.1. The first kappa shape index (κ1) is 17.7. The highest BCUT2D eigenvalue weighted by molar-refractivity contribution is 5.96. The third-order valence-corrected chi connectivity index (χ3v) is 5.67. The van der Waals surface area contributed by atoms with Crippen LogP contribution in [0.15, 0.2) is 42.5 Å². The summed E-state index contributed by atoms with van der Waals surface area (Å²) >= 11 is 0. The first-order chi connectivity index (χ1) is 13.0. The molecule has 0 fully saturated rings. The summed E-state index contributed by atoms with van der Waals surface area (Å²) < 4.78 is 0. The average Bonchev–Trinajstić information content (AvgIpc) is 3.25. The molecule has 140 valence electrons. The number of nitrogens with one attached hydrogen (secondary N) is 1. The number of anilines is 2. The van der Waals surface area contributed by atoms with Crippen molar-refractivity contribution in [1.29, 1.82) is 0 Å². The van der Waals surface area contributed by atoms with E-state index in [1.807, 2.05) is 25.2 Å². The third-order valence-electron chi connectivity index (χ3n) is 5.67. The summed E-state index contributed by atoms with van der Waals surface area (Å²) in [6.45, 7) is 2.66. The minimum Gasteiger partial charge on any atom is -0.325 e. The average molecular weight is 363 g/mol. The summed E-state index contributed by atoms with van der Waals surface area (Å²) in [7, 11) is 2.01. The van der Waals surface area contributed by atoms with Crippen LogP contribution >= 0.6 is 0 Å². The van der Waals surface area contributed by atoms with Gasteiger partial charge in [0.05, 0.1) is 6.54 Å². The highest BCUT2D eigenvalue weighted by Crippen LogP contribution is 2.35. The van der Waals surface area contributed by atoms with Gasteiger partial charge in [0.15, 0.2) is 0 Å². The van der Waals surface area contributed by atoms with E-state index in [2.05, 4.69) is 34.5 Å². The van der Waals surface area contributed by atoms with E-state index in [4.69, 9.17) is 0 Å². The van der Waals surface area contributed by atoms with Crippen molar-refractivity contribution in [3.05, 3.63) is 59.2 Å². The number of benzene rings is 2. The fourth-order valence-corrected chi connectivity index (χ4v) is 4.34. The lowest BCUT2D eigenvalue weighted by Gasteiger charge is -2.24. The topological polar surface area (TPSA) is 52.7 Å². The molecule has 0 radical (unpaired) electrons. The van der Waals surface area contributed by atoms with Crippen molar-refractivity contribution in [2.24, 2.45) is 0 Å². The second-order valence-corrected chi connectivity index (χ2v) is 7.48. The molecule has 1 aliphatic heterocycles. The Kier molecular flexibility index (Phi) is 4.70. The molecule has 2 aliphatic rings. The predicted molar refractivity (Wildman–Crippen MR) is 107 cm³/mol. The molecule has 5 heteroatoms. The second kappa shape index (κ2) is 7.16. The summed E-state index contributed by atoms with van der Waals surface area (Å²) in [5, 5.41) is 3.01. The van der Waals surface area contributed by atoms with Crippen LogP contribution in [0.1, 0.15) is 36.1 Å². The predicted octanol–water partition coefficient (Wildman–Crippen LogP) is 3.15. The van der Waals surface area contributed by atoms with Crippen LogP contribution in [0, 0.1) is 0 Å². The SMILES string of the molecule is CC(=O)N1CCc2cc(NC(=O)CN(C)[C@H]3CCc4ccccc43)ccc21. The largest absolute Gasteiger partial charge is 0.325 e. The fourth-order valence-electron chi connectivity index (χ4n) is 4.34. The molecular weight excluding hydrogens is 338 g/mol. The normalized spacial score (nSPS) is 17.7. The first-order valence-corrected chi connectivity index (χ1v) is 9.52. The van der Waals surface area contributed by atoms with E-state index in [1.54, 1.807) is 11.8 Å². The maximum atomic E-state index is 12.5. The molecular formula is C22H25N3O2. The molecule has 0 bridgehead atoms. The molecule has 2 aromatic rings. The van der Waals surface area contributed by atoms with Crippen molar-refractivity contribution >= 4 is 23.2 Å². The van der Waals surface area contributed by atoms with Gasteiger partial charge in [0.25, 0.3) is 0 Å². The summed E-state index contributed by atoms with van der Waals surface area (Å²) in [5.74, 6) is 0.0484. The van der Waals surface area contributed by atoms with E-state index >= 15 is 0 Å². The molecule has 0 saturated carbocycles. The van der Waals surface area contributed by atoms with Gasteiger partial charge in [0.2, 0.25) is 11.8 Å². The van der Waals surface area contributed by atoms with Gasteiger partial charge in [-0.25, -0.2) is 0 Å². The minimum atomic E-state index is -0.0109. The van der Waals surface area contributed by atoms with Crippen molar-refractivity contribution in [2.45, 2.75) is 32.2 Å². The van der Waals surface area contributed by atoms with Crippen LogP contribution in [0.4, 0.5) is 11.4 Å². The highest BCUT2D eigenvalue weighted by atomic mass is 16.2. The Labute approximate surface area is 160 Å². The number of nitrogens with zero attached hydrogens (tertiary/aromatic N) is 2. The lowest BCUT2D eigenvalue weighted by molar-refractivity contribution is -0.118. The number of likely N-dealkylation sites (N-methyl/N-ethyl adjacent to an activating group) is 1. The highest BCUT2D eigenvalue weighted by Gasteiger charge is 2.27. The van der Waals surface area contributed by atoms with E-state index in [1.165, 1.54) is 11.1 Å². The monoisotopic (exact) mass is 363 g/mol. The first-order valence-electron chi connectivity index (χ1n) is 9.52. The zero-order valence-corrected chi connectivity index (χ0v) is 15.9. The van der Waals surface area contributed by atoms with Gasteiger partial charge in [0, 0.05) is 30.9 Å². The van der Waals surface area contributed by atoms with Crippen LogP contribution < -0.4 is 10.2 Å². The van der Waals surface area contributed by atoms with Crippen LogP contribution in [-0.2, 0) is 22.4 Å². The maximum Gasteiger partial charge on any atom is 0.238 e. The molecule has 0 spiro atoms. The van der Waals surface area contributed by atoms with Crippen molar-refractivity contribution in [3.8, 4) is 0 Å². The number of hydrogen-bond acceptors (Lipinski definition) is 3. The van der Waals surface area contributed by atoms with E-state index in [0.717, 1.165) is 36.2 Å². The second-order valence-electron chi connectivity index (χ2n) is 7.48. The number of rotatable bonds is 4. The van der Waals surface area contributed by atoms with E-state index < -0.39 is 0 Å². The van der Waals surface area contributed by atoms with Gasteiger partial charge >= 0.3 is 0 Å². The van der Waals surface area contributed by atoms with Crippen molar-refractivity contribution in [1.82, 2.24) is 4.90 Å². The number of fused-ring (bicyclic) bond motifs is 2. The Morgan fingerprint density at radius 3 is 2.78 bits per heavy atom. The molecule has 0 unspecified atom stereocenters. The van der Waals surface area contributed by atoms with Gasteiger partial charge in [-0.15, -0.1) is 0 Å². The Bertz CT molecular complexity index is 893. The minimum absolute atomic E-state index is 0.0109. The van der Waals surface area contributed by atoms with Gasteiger partial charge in [0.1, 0.15) is 0 Å². The fraction of sp³-hybridized carbons (Fsp3) is 0.364. The Hall–Kier alpha value is -2.66. The lowest BCUT2D eigenvalue weighted by atomic mass is 10.1. The summed E-state index contributed by atoms with van der Waals surface area (Å²) in [6, 6.07) is 14.6. The van der Waals surface area contributed by atoms with Gasteiger partial charge in [-0.2, -0.15) is 0 Å². The van der Waals surface area contributed by atoms with Crippen molar-refractivity contribution < 1.29 is 9.59 Å². The standard InChI is InChI=1S/C22H25N3O2/c1-15(26)25-12-11-17-13-18(8-10-20(17)25)23-22(27)14-24(2)21-9-7-16-5-3-4-6-19(16)21/h3-6,8,10,13,21H,7,9,11-12,14H2,1-2H3,(H,23,27)/t21-/m0/s1. The molecule has 4 rings (SSSR count). The Balaban J connectivity index is 1.40. The van der Waals surface area contributed by atoms with Gasteiger partial charge in [-0.3, -0.25) is 14.5 Å². The van der Waals surface area contributed by atoms with E-state index in [9.17, 15) is 9.59 Å². The number of carbonyl (C=O) groups is 2. The van der Waals surface area contributed by atoms with Crippen molar-refractivity contribution in [2.75, 3.05) is 30.4 Å². The number of carbonyl (C=O) groups excluding carboxylic acids is 2. The van der Waals surface area contributed by atoms with E-state index in [-0.39, 0.29) is 11.8 Å². The van der Waals surface area contributed by atoms with Crippen LogP contribution in [0.25, 0.3) is 0 Å². The quantitative estimate of drug-likeness (QED) is 0.908. The Morgan fingerprint density at radius 1 is 1.15 bits per heavy atom. The smallest absolute Gasteiger partial charge is 0.238 e. The molecule has 1 N–H and O–H groups in total. The summed E-state index contributed by atoms with van der Waals surface area (Å²) in [6.07, 6.45) is 2.96. The molecule has 2 amide bonds. The molecule has 5 nitrogen and oxygen atoms in total.